The summed E-state index contributed by atoms with van der Waals surface area (Å²) in [5, 5.41) is 10.2. The average molecular weight is 272 g/mol. The van der Waals surface area contributed by atoms with Crippen LogP contribution in [0.3, 0.4) is 0 Å². The number of nitrogens with zero attached hydrogens (tertiary/aromatic N) is 2. The SMILES string of the molecule is CC(NCc1ccc2c(c1)CC(C)(C)O2)c1ncn[nH]1. The van der Waals surface area contributed by atoms with E-state index < -0.39 is 0 Å². The van der Waals surface area contributed by atoms with Gasteiger partial charge in [-0.2, -0.15) is 5.10 Å². The first-order chi connectivity index (χ1) is 9.53. The molecule has 5 heteroatoms. The van der Waals surface area contributed by atoms with Crippen molar-refractivity contribution >= 4 is 0 Å². The van der Waals surface area contributed by atoms with Crippen LogP contribution < -0.4 is 10.1 Å². The molecule has 0 amide bonds. The van der Waals surface area contributed by atoms with E-state index in [1.54, 1.807) is 0 Å². The minimum atomic E-state index is -0.0818. The Kier molecular flexibility index (Phi) is 3.22. The van der Waals surface area contributed by atoms with E-state index in [4.69, 9.17) is 4.74 Å². The lowest BCUT2D eigenvalue weighted by Crippen LogP contribution is -2.24. The van der Waals surface area contributed by atoms with Crippen molar-refractivity contribution in [3.63, 3.8) is 0 Å². The van der Waals surface area contributed by atoms with Crippen LogP contribution in [0.5, 0.6) is 5.75 Å². The van der Waals surface area contributed by atoms with Gasteiger partial charge in [-0.25, -0.2) is 4.98 Å². The van der Waals surface area contributed by atoms with Crippen molar-refractivity contribution in [1.82, 2.24) is 20.5 Å². The number of ether oxygens (including phenoxy) is 1. The Morgan fingerprint density at radius 1 is 1.45 bits per heavy atom. The Morgan fingerprint density at radius 3 is 3.05 bits per heavy atom. The number of aromatic nitrogens is 3. The molecule has 2 heterocycles. The van der Waals surface area contributed by atoms with Gasteiger partial charge in [0.25, 0.3) is 0 Å². The minimum absolute atomic E-state index is 0.0818. The minimum Gasteiger partial charge on any atom is -0.487 e. The lowest BCUT2D eigenvalue weighted by Gasteiger charge is -2.16. The predicted molar refractivity (Wildman–Crippen MR) is 76.5 cm³/mol. The van der Waals surface area contributed by atoms with Crippen LogP contribution in [-0.4, -0.2) is 20.8 Å². The van der Waals surface area contributed by atoms with Gasteiger partial charge in [-0.05, 0) is 38.0 Å². The average Bonchev–Trinajstić information content (AvgIpc) is 3.00. The third-order valence-corrected chi connectivity index (χ3v) is 3.58. The number of hydrogen-bond donors (Lipinski definition) is 2. The van der Waals surface area contributed by atoms with Crippen molar-refractivity contribution < 1.29 is 4.74 Å². The summed E-state index contributed by atoms with van der Waals surface area (Å²) < 4.78 is 5.89. The first-order valence-corrected chi connectivity index (χ1v) is 6.93. The predicted octanol–water partition coefficient (Wildman–Crippen LogP) is 2.37. The molecule has 0 saturated carbocycles. The summed E-state index contributed by atoms with van der Waals surface area (Å²) >= 11 is 0. The molecule has 0 bridgehead atoms. The molecule has 0 fully saturated rings. The van der Waals surface area contributed by atoms with Gasteiger partial charge in [-0.15, -0.1) is 0 Å². The van der Waals surface area contributed by atoms with E-state index in [0.717, 1.165) is 24.5 Å². The Bertz CT molecular complexity index is 592. The van der Waals surface area contributed by atoms with Gasteiger partial charge < -0.3 is 10.1 Å². The number of rotatable bonds is 4. The zero-order valence-corrected chi connectivity index (χ0v) is 12.1. The van der Waals surface area contributed by atoms with E-state index >= 15 is 0 Å². The summed E-state index contributed by atoms with van der Waals surface area (Å²) in [6, 6.07) is 6.56. The standard InChI is InChI=1S/C15H20N4O/c1-10(14-17-9-18-19-14)16-8-11-4-5-13-12(6-11)7-15(2,3)20-13/h4-6,9-10,16H,7-8H2,1-3H3,(H,17,18,19). The molecule has 0 aliphatic carbocycles. The zero-order valence-electron chi connectivity index (χ0n) is 12.1. The van der Waals surface area contributed by atoms with E-state index in [2.05, 4.69) is 59.5 Å². The molecule has 5 nitrogen and oxygen atoms in total. The van der Waals surface area contributed by atoms with Gasteiger partial charge in [0.15, 0.2) is 0 Å². The van der Waals surface area contributed by atoms with Crippen molar-refractivity contribution in [3.8, 4) is 5.75 Å². The van der Waals surface area contributed by atoms with Gasteiger partial charge in [0, 0.05) is 13.0 Å². The lowest BCUT2D eigenvalue weighted by molar-refractivity contribution is 0.138. The van der Waals surface area contributed by atoms with Crippen molar-refractivity contribution in [3.05, 3.63) is 41.5 Å². The molecule has 1 aromatic heterocycles. The van der Waals surface area contributed by atoms with E-state index in [1.165, 1.54) is 17.5 Å². The quantitative estimate of drug-likeness (QED) is 0.897. The zero-order chi connectivity index (χ0) is 14.2. The lowest BCUT2D eigenvalue weighted by atomic mass is 10.0. The summed E-state index contributed by atoms with van der Waals surface area (Å²) in [6.07, 6.45) is 2.50. The molecular weight excluding hydrogens is 252 g/mol. The molecule has 2 N–H and O–H groups in total. The molecule has 1 aromatic carbocycles. The molecule has 0 saturated heterocycles. The smallest absolute Gasteiger partial charge is 0.141 e. The summed E-state index contributed by atoms with van der Waals surface area (Å²) in [7, 11) is 0. The van der Waals surface area contributed by atoms with Crippen molar-refractivity contribution in [2.24, 2.45) is 0 Å². The van der Waals surface area contributed by atoms with Crippen LogP contribution >= 0.6 is 0 Å². The van der Waals surface area contributed by atoms with Crippen molar-refractivity contribution in [1.29, 1.82) is 0 Å². The molecule has 0 spiro atoms. The summed E-state index contributed by atoms with van der Waals surface area (Å²) in [6.45, 7) is 7.11. The maximum atomic E-state index is 5.89. The normalized spacial score (nSPS) is 17.6. The second kappa shape index (κ2) is 4.90. The second-order valence-corrected chi connectivity index (χ2v) is 5.95. The largest absolute Gasteiger partial charge is 0.487 e. The molecule has 106 valence electrons. The van der Waals surface area contributed by atoms with Crippen LogP contribution in [0.1, 0.15) is 43.8 Å². The number of aromatic amines is 1. The number of benzene rings is 1. The van der Waals surface area contributed by atoms with Crippen LogP contribution in [0, 0.1) is 0 Å². The molecule has 1 atom stereocenters. The monoisotopic (exact) mass is 272 g/mol. The Hall–Kier alpha value is -1.88. The van der Waals surface area contributed by atoms with Crippen LogP contribution in [0.25, 0.3) is 0 Å². The summed E-state index contributed by atoms with van der Waals surface area (Å²) in [5.74, 6) is 1.87. The van der Waals surface area contributed by atoms with E-state index in [-0.39, 0.29) is 11.6 Å². The third-order valence-electron chi connectivity index (χ3n) is 3.58. The number of fused-ring (bicyclic) bond motifs is 1. The van der Waals surface area contributed by atoms with Gasteiger partial charge in [-0.3, -0.25) is 5.10 Å². The summed E-state index contributed by atoms with van der Waals surface area (Å²) in [4.78, 5) is 4.16. The van der Waals surface area contributed by atoms with Crippen LogP contribution in [0.4, 0.5) is 0 Å². The highest BCUT2D eigenvalue weighted by Crippen LogP contribution is 2.35. The van der Waals surface area contributed by atoms with E-state index in [1.807, 2.05) is 0 Å². The van der Waals surface area contributed by atoms with Gasteiger partial charge in [0.1, 0.15) is 23.5 Å². The molecule has 3 rings (SSSR count). The molecular formula is C15H20N4O. The Balaban J connectivity index is 1.65. The highest BCUT2D eigenvalue weighted by atomic mass is 16.5. The number of hydrogen-bond acceptors (Lipinski definition) is 4. The highest BCUT2D eigenvalue weighted by Gasteiger charge is 2.29. The van der Waals surface area contributed by atoms with E-state index in [9.17, 15) is 0 Å². The van der Waals surface area contributed by atoms with Gasteiger partial charge in [0.05, 0.1) is 6.04 Å². The first kappa shape index (κ1) is 13.1. The molecule has 1 unspecified atom stereocenters. The van der Waals surface area contributed by atoms with Crippen molar-refractivity contribution in [2.75, 3.05) is 0 Å². The van der Waals surface area contributed by atoms with E-state index in [0.29, 0.717) is 0 Å². The molecule has 1 aliphatic rings. The highest BCUT2D eigenvalue weighted by molar-refractivity contribution is 5.41. The van der Waals surface area contributed by atoms with Gasteiger partial charge in [-0.1, -0.05) is 12.1 Å². The fourth-order valence-electron chi connectivity index (χ4n) is 2.56. The number of H-pyrrole nitrogens is 1. The number of nitrogens with one attached hydrogen (secondary N) is 2. The first-order valence-electron chi connectivity index (χ1n) is 6.93. The van der Waals surface area contributed by atoms with Crippen LogP contribution in [-0.2, 0) is 13.0 Å². The second-order valence-electron chi connectivity index (χ2n) is 5.95. The van der Waals surface area contributed by atoms with Gasteiger partial charge >= 0.3 is 0 Å². The fraction of sp³-hybridized carbons (Fsp3) is 0.467. The Morgan fingerprint density at radius 2 is 2.30 bits per heavy atom. The molecule has 20 heavy (non-hydrogen) atoms. The Labute approximate surface area is 118 Å². The van der Waals surface area contributed by atoms with Crippen LogP contribution in [0.15, 0.2) is 24.5 Å². The molecule has 0 radical (unpaired) electrons. The van der Waals surface area contributed by atoms with Crippen molar-refractivity contribution in [2.45, 2.75) is 45.4 Å². The third kappa shape index (κ3) is 2.67. The summed E-state index contributed by atoms with van der Waals surface area (Å²) in [5.41, 5.74) is 2.47. The van der Waals surface area contributed by atoms with Gasteiger partial charge in [0.2, 0.25) is 0 Å². The van der Waals surface area contributed by atoms with Crippen LogP contribution in [0.2, 0.25) is 0 Å². The molecule has 1 aliphatic heterocycles. The molecule has 2 aromatic rings. The fourth-order valence-corrected chi connectivity index (χ4v) is 2.56. The maximum absolute atomic E-state index is 5.89. The topological polar surface area (TPSA) is 62.8 Å². The maximum Gasteiger partial charge on any atom is 0.141 e.